The molecule has 0 aliphatic carbocycles. The molecule has 0 spiro atoms. The summed E-state index contributed by atoms with van der Waals surface area (Å²) in [4.78, 5) is 38.5. The monoisotopic (exact) mass is 596 g/mol. The summed E-state index contributed by atoms with van der Waals surface area (Å²) in [6, 6.07) is 14.5. The van der Waals surface area contributed by atoms with Crippen molar-refractivity contribution in [1.82, 2.24) is 10.2 Å². The number of hydrogen-bond donors (Lipinski definition) is 2. The number of hydrogen-bond acceptors (Lipinski definition) is 8. The minimum atomic E-state index is -0.408. The molecule has 9 heteroatoms. The lowest BCUT2D eigenvalue weighted by atomic mass is 9.87. The number of amides is 1. The van der Waals surface area contributed by atoms with E-state index >= 15 is 0 Å². The third-order valence-corrected chi connectivity index (χ3v) is 8.45. The van der Waals surface area contributed by atoms with Gasteiger partial charge in [0.05, 0.1) is 19.8 Å². The molecule has 2 aliphatic heterocycles. The van der Waals surface area contributed by atoms with Gasteiger partial charge in [-0.15, -0.1) is 0 Å². The maximum absolute atomic E-state index is 12.3. The summed E-state index contributed by atoms with van der Waals surface area (Å²) in [5.41, 5.74) is 1.43. The second-order valence-corrected chi connectivity index (χ2v) is 11.4. The summed E-state index contributed by atoms with van der Waals surface area (Å²) in [6.45, 7) is 2.66. The fourth-order valence-corrected chi connectivity index (χ4v) is 5.95. The van der Waals surface area contributed by atoms with Crippen LogP contribution in [0.1, 0.15) is 87.1 Å². The summed E-state index contributed by atoms with van der Waals surface area (Å²) in [5, 5.41) is 12.4. The Morgan fingerprint density at radius 1 is 0.977 bits per heavy atom. The second kappa shape index (κ2) is 17.5. The molecular formula is C34H48N2O7. The second-order valence-electron chi connectivity index (χ2n) is 11.4. The van der Waals surface area contributed by atoms with Crippen LogP contribution in [0.5, 0.6) is 11.5 Å². The number of phenols is 1. The van der Waals surface area contributed by atoms with Crippen LogP contribution in [0.15, 0.2) is 48.5 Å². The third-order valence-electron chi connectivity index (χ3n) is 8.45. The molecule has 0 aromatic heterocycles. The quantitative estimate of drug-likeness (QED) is 0.226. The smallest absolute Gasteiger partial charge is 0.338 e. The van der Waals surface area contributed by atoms with Crippen LogP contribution >= 0.6 is 0 Å². The largest absolute Gasteiger partial charge is 0.504 e. The van der Waals surface area contributed by atoms with Crippen molar-refractivity contribution < 1.29 is 33.7 Å². The number of aromatic hydroxyl groups is 1. The molecule has 2 bridgehead atoms. The normalized spacial score (nSPS) is 20.8. The first-order valence-corrected chi connectivity index (χ1v) is 15.5. The Labute approximate surface area is 255 Å². The molecule has 9 nitrogen and oxygen atoms in total. The zero-order chi connectivity index (χ0) is 31.2. The summed E-state index contributed by atoms with van der Waals surface area (Å²) >= 11 is 0. The Morgan fingerprint density at radius 3 is 2.40 bits per heavy atom. The molecule has 43 heavy (non-hydrogen) atoms. The Morgan fingerprint density at radius 2 is 1.70 bits per heavy atom. The first-order valence-electron chi connectivity index (χ1n) is 15.5. The molecule has 2 N–H and O–H groups in total. The average Bonchev–Trinajstić information content (AvgIpc) is 3.25. The summed E-state index contributed by atoms with van der Waals surface area (Å²) < 4.78 is 15.7. The standard InChI is InChI=1S/C17H21NO4.C17H27NO3/c1-18-12-8-9-13(18)15(17(20)21-2)14(10-12)22-16(19)11-6-4-3-5-7-11;1-3-4-5-6-7-8-9-17(20)18-13-14-10-11-15(19)16(12-14)21-2/h3-7,12-15H,8-10H2,1-2H3;10-12,19H,3-9,13H2,1-2H3,(H,18,20)/t12-,13+,14-,15+;/m0./s1. The number of ether oxygens (including phenoxy) is 3. The number of carbonyl (C=O) groups is 3. The van der Waals surface area contributed by atoms with Crippen LogP contribution in [0.4, 0.5) is 0 Å². The highest BCUT2D eigenvalue weighted by atomic mass is 16.6. The van der Waals surface area contributed by atoms with Gasteiger partial charge in [-0.3, -0.25) is 14.5 Å². The van der Waals surface area contributed by atoms with Gasteiger partial charge >= 0.3 is 11.9 Å². The first-order chi connectivity index (χ1) is 20.8. The molecule has 1 amide bonds. The van der Waals surface area contributed by atoms with Gasteiger partial charge in [0.25, 0.3) is 0 Å². The van der Waals surface area contributed by atoms with Crippen LogP contribution in [0, 0.1) is 5.92 Å². The Balaban J connectivity index is 0.000000236. The third kappa shape index (κ3) is 9.99. The van der Waals surface area contributed by atoms with Gasteiger partial charge in [0.2, 0.25) is 5.91 Å². The van der Waals surface area contributed by atoms with E-state index < -0.39 is 12.0 Å². The molecule has 2 saturated heterocycles. The van der Waals surface area contributed by atoms with Crippen molar-refractivity contribution in [2.75, 3.05) is 21.3 Å². The number of benzene rings is 2. The lowest BCUT2D eigenvalue weighted by molar-refractivity contribution is -0.156. The predicted molar refractivity (Wildman–Crippen MR) is 165 cm³/mol. The number of rotatable bonds is 13. The minimum Gasteiger partial charge on any atom is -0.504 e. The number of esters is 2. The van der Waals surface area contributed by atoms with E-state index in [1.165, 1.54) is 39.9 Å². The maximum Gasteiger partial charge on any atom is 0.338 e. The van der Waals surface area contributed by atoms with Crippen LogP contribution in [-0.4, -0.2) is 67.3 Å². The van der Waals surface area contributed by atoms with Gasteiger partial charge in [0.15, 0.2) is 11.5 Å². The first kappa shape index (κ1) is 33.9. The molecule has 4 atom stereocenters. The molecule has 0 radical (unpaired) electrons. The van der Waals surface area contributed by atoms with Gasteiger partial charge in [-0.2, -0.15) is 0 Å². The van der Waals surface area contributed by atoms with Crippen molar-refractivity contribution in [1.29, 1.82) is 0 Å². The van der Waals surface area contributed by atoms with Gasteiger partial charge in [0.1, 0.15) is 12.0 Å². The number of phenolic OH excluding ortho intramolecular Hbond substituents is 1. The number of nitrogens with one attached hydrogen (secondary N) is 1. The lowest BCUT2D eigenvalue weighted by Crippen LogP contribution is -2.53. The number of unbranched alkanes of at least 4 members (excludes halogenated alkanes) is 5. The van der Waals surface area contributed by atoms with Gasteiger partial charge in [0, 0.05) is 31.5 Å². The molecule has 4 rings (SSSR count). The highest BCUT2D eigenvalue weighted by molar-refractivity contribution is 5.89. The average molecular weight is 597 g/mol. The molecule has 236 valence electrons. The number of nitrogens with zero attached hydrogens (tertiary/aromatic N) is 1. The molecule has 2 aliphatic rings. The molecule has 2 heterocycles. The van der Waals surface area contributed by atoms with E-state index in [9.17, 15) is 19.5 Å². The van der Waals surface area contributed by atoms with Gasteiger partial charge < -0.3 is 24.6 Å². The fraction of sp³-hybridized carbons (Fsp3) is 0.559. The highest BCUT2D eigenvalue weighted by Crippen LogP contribution is 2.40. The molecule has 0 saturated carbocycles. The highest BCUT2D eigenvalue weighted by Gasteiger charge is 2.51. The summed E-state index contributed by atoms with van der Waals surface area (Å²) in [6.07, 6.45) is 9.94. The van der Waals surface area contributed by atoms with Crippen LogP contribution in [0.2, 0.25) is 0 Å². The van der Waals surface area contributed by atoms with Crippen molar-refractivity contribution in [3.05, 3.63) is 59.7 Å². The zero-order valence-corrected chi connectivity index (χ0v) is 26.1. The molecule has 2 fully saturated rings. The number of fused-ring (bicyclic) bond motifs is 2. The van der Waals surface area contributed by atoms with Crippen LogP contribution in [0.25, 0.3) is 0 Å². The molecular weight excluding hydrogens is 548 g/mol. The van der Waals surface area contributed by atoms with Crippen LogP contribution in [0.3, 0.4) is 0 Å². The molecule has 2 aromatic carbocycles. The van der Waals surface area contributed by atoms with E-state index in [2.05, 4.69) is 17.1 Å². The minimum absolute atomic E-state index is 0.0810. The molecule has 2 aromatic rings. The van der Waals surface area contributed by atoms with Crippen molar-refractivity contribution in [2.24, 2.45) is 5.92 Å². The lowest BCUT2D eigenvalue weighted by Gasteiger charge is -2.40. The summed E-state index contributed by atoms with van der Waals surface area (Å²) in [5.74, 6) is -0.442. The van der Waals surface area contributed by atoms with E-state index in [1.807, 2.05) is 13.1 Å². The van der Waals surface area contributed by atoms with Crippen molar-refractivity contribution >= 4 is 17.8 Å². The SMILES string of the molecule is CCCCCCCCC(=O)NCc1ccc(O)c(OC)c1.COC(=O)[C@H]1[C@@H](OC(=O)c2ccccc2)C[C@@H]2CC[C@H]1N2C. The van der Waals surface area contributed by atoms with E-state index in [-0.39, 0.29) is 29.6 Å². The molecule has 0 unspecified atom stereocenters. The Kier molecular flexibility index (Phi) is 13.8. The van der Waals surface area contributed by atoms with Gasteiger partial charge in [-0.25, -0.2) is 4.79 Å². The van der Waals surface area contributed by atoms with Crippen LogP contribution < -0.4 is 10.1 Å². The number of piperidine rings is 1. The van der Waals surface area contributed by atoms with E-state index in [4.69, 9.17) is 14.2 Å². The number of carbonyl (C=O) groups excluding carboxylic acids is 3. The zero-order valence-electron chi connectivity index (χ0n) is 26.1. The van der Waals surface area contributed by atoms with Gasteiger partial charge in [-0.1, -0.05) is 63.3 Å². The van der Waals surface area contributed by atoms with Crippen molar-refractivity contribution in [3.63, 3.8) is 0 Å². The Hall–Kier alpha value is -3.59. The predicted octanol–water partition coefficient (Wildman–Crippen LogP) is 5.64. The van der Waals surface area contributed by atoms with E-state index in [0.29, 0.717) is 36.7 Å². The topological polar surface area (TPSA) is 114 Å². The number of methoxy groups -OCH3 is 2. The van der Waals surface area contributed by atoms with Gasteiger partial charge in [-0.05, 0) is 56.1 Å². The van der Waals surface area contributed by atoms with Crippen molar-refractivity contribution in [3.8, 4) is 11.5 Å². The Bertz CT molecular complexity index is 1170. The maximum atomic E-state index is 12.3. The van der Waals surface area contributed by atoms with Crippen LogP contribution in [-0.2, 0) is 25.6 Å². The fourth-order valence-electron chi connectivity index (χ4n) is 5.95. The van der Waals surface area contributed by atoms with E-state index in [0.717, 1.165) is 31.2 Å². The van der Waals surface area contributed by atoms with Crippen molar-refractivity contribution in [2.45, 2.75) is 95.9 Å². The van der Waals surface area contributed by atoms with E-state index in [1.54, 1.807) is 42.5 Å². The summed E-state index contributed by atoms with van der Waals surface area (Å²) in [7, 11) is 4.93.